The van der Waals surface area contributed by atoms with Crippen molar-refractivity contribution in [2.45, 2.75) is 25.9 Å². The average Bonchev–Trinajstić information content (AvgIpc) is 2.67. The van der Waals surface area contributed by atoms with Gasteiger partial charge in [0.2, 0.25) is 0 Å². The Morgan fingerprint density at radius 1 is 0.852 bits per heavy atom. The number of carbonyl (C=O) groups is 2. The third-order valence-electron chi connectivity index (χ3n) is 4.85. The fourth-order valence-corrected chi connectivity index (χ4v) is 4.10. The van der Waals surface area contributed by atoms with Gasteiger partial charge in [0, 0.05) is 5.02 Å². The molecule has 3 aliphatic rings. The molecule has 0 saturated carbocycles. The molecule has 7 heteroatoms. The van der Waals surface area contributed by atoms with Gasteiger partial charge in [-0.25, -0.2) is 19.6 Å². The first-order valence-corrected chi connectivity index (χ1v) is 9.26. The molecular formula is C20H19ClN2O4. The number of nitrogens with zero attached hydrogens (tertiary/aromatic N) is 2. The molecule has 140 valence electrons. The number of carbonyl (C=O) groups excluding carboxylic acids is 2. The third-order valence-corrected chi connectivity index (χ3v) is 5.09. The van der Waals surface area contributed by atoms with Crippen molar-refractivity contribution < 1.29 is 19.1 Å². The van der Waals surface area contributed by atoms with Crippen LogP contribution in [0.15, 0.2) is 42.5 Å². The molecule has 2 bridgehead atoms. The van der Waals surface area contributed by atoms with Crippen molar-refractivity contribution >= 4 is 23.8 Å². The summed E-state index contributed by atoms with van der Waals surface area (Å²) in [5.41, 5.74) is 3.73. The van der Waals surface area contributed by atoms with E-state index in [1.165, 1.54) is 10.0 Å². The minimum absolute atomic E-state index is 0.202. The molecule has 0 aromatic heterocycles. The smallest absolute Gasteiger partial charge is 0.429 e. The molecule has 0 radical (unpaired) electrons. The van der Waals surface area contributed by atoms with E-state index in [0.29, 0.717) is 5.02 Å². The molecule has 0 fully saturated rings. The lowest BCUT2D eigenvalue weighted by Gasteiger charge is -2.52. The fourth-order valence-electron chi connectivity index (χ4n) is 3.92. The molecule has 2 aromatic rings. The number of amides is 2. The molecule has 2 aliphatic heterocycles. The van der Waals surface area contributed by atoms with Crippen molar-refractivity contribution in [2.24, 2.45) is 0 Å². The summed E-state index contributed by atoms with van der Waals surface area (Å²) in [6.45, 7) is 3.87. The van der Waals surface area contributed by atoms with Gasteiger partial charge in [-0.1, -0.05) is 41.9 Å². The van der Waals surface area contributed by atoms with Gasteiger partial charge in [0.1, 0.15) is 12.1 Å². The number of halogens is 1. The van der Waals surface area contributed by atoms with Gasteiger partial charge in [0.25, 0.3) is 0 Å². The fraction of sp³-hybridized carbons (Fsp3) is 0.300. The van der Waals surface area contributed by atoms with E-state index in [4.69, 9.17) is 21.1 Å². The van der Waals surface area contributed by atoms with Crippen molar-refractivity contribution in [3.63, 3.8) is 0 Å². The van der Waals surface area contributed by atoms with Gasteiger partial charge in [-0.3, -0.25) is 0 Å². The Labute approximate surface area is 162 Å². The van der Waals surface area contributed by atoms with Crippen LogP contribution < -0.4 is 0 Å². The number of hydrogen-bond donors (Lipinski definition) is 0. The Hall–Kier alpha value is -2.73. The van der Waals surface area contributed by atoms with Gasteiger partial charge in [0.15, 0.2) is 0 Å². The van der Waals surface area contributed by atoms with Crippen LogP contribution >= 0.6 is 11.6 Å². The molecule has 0 N–H and O–H groups in total. The largest absolute Gasteiger partial charge is 0.448 e. The van der Waals surface area contributed by atoms with Gasteiger partial charge in [0.05, 0.1) is 13.2 Å². The molecule has 2 heterocycles. The van der Waals surface area contributed by atoms with Crippen LogP contribution in [0.4, 0.5) is 9.59 Å². The topological polar surface area (TPSA) is 59.1 Å². The summed E-state index contributed by atoms with van der Waals surface area (Å²) in [6, 6.07) is 12.3. The second kappa shape index (κ2) is 6.78. The highest BCUT2D eigenvalue weighted by Crippen LogP contribution is 2.53. The minimum Gasteiger partial charge on any atom is -0.448 e. The number of rotatable bonds is 2. The Kier molecular flexibility index (Phi) is 4.44. The van der Waals surface area contributed by atoms with Crippen molar-refractivity contribution in [2.75, 3.05) is 13.2 Å². The summed E-state index contributed by atoms with van der Waals surface area (Å²) < 4.78 is 10.5. The zero-order chi connectivity index (χ0) is 19.1. The van der Waals surface area contributed by atoms with Gasteiger partial charge in [-0.05, 0) is 48.2 Å². The van der Waals surface area contributed by atoms with Crippen LogP contribution in [0.2, 0.25) is 5.02 Å². The molecule has 5 rings (SSSR count). The van der Waals surface area contributed by atoms with E-state index in [-0.39, 0.29) is 13.2 Å². The van der Waals surface area contributed by atoms with E-state index in [0.717, 1.165) is 22.3 Å². The van der Waals surface area contributed by atoms with Gasteiger partial charge in [-0.15, -0.1) is 0 Å². The van der Waals surface area contributed by atoms with Crippen molar-refractivity contribution in [3.05, 3.63) is 69.7 Å². The molecule has 2 atom stereocenters. The Balaban J connectivity index is 1.96. The maximum absolute atomic E-state index is 12.8. The summed E-state index contributed by atoms with van der Waals surface area (Å²) in [7, 11) is 0. The number of fused-ring (bicyclic) bond motifs is 1. The summed E-state index contributed by atoms with van der Waals surface area (Å²) in [4.78, 5) is 25.7. The van der Waals surface area contributed by atoms with Gasteiger partial charge >= 0.3 is 12.2 Å². The van der Waals surface area contributed by atoms with Gasteiger partial charge in [-0.2, -0.15) is 0 Å². The highest BCUT2D eigenvalue weighted by atomic mass is 35.5. The quantitative estimate of drug-likeness (QED) is 0.752. The number of ether oxygens (including phenoxy) is 2. The lowest BCUT2D eigenvalue weighted by molar-refractivity contribution is -0.0710. The van der Waals surface area contributed by atoms with Crippen LogP contribution in [0.1, 0.15) is 48.2 Å². The minimum atomic E-state index is -0.597. The Morgan fingerprint density at radius 2 is 1.33 bits per heavy atom. The summed E-state index contributed by atoms with van der Waals surface area (Å²) >= 11 is 6.24. The van der Waals surface area contributed by atoms with E-state index in [1.807, 2.05) is 36.4 Å². The second-order valence-electron chi connectivity index (χ2n) is 6.29. The average molecular weight is 387 g/mol. The second-order valence-corrected chi connectivity index (χ2v) is 6.73. The molecule has 0 spiro atoms. The van der Waals surface area contributed by atoms with Crippen molar-refractivity contribution in [1.82, 2.24) is 10.0 Å². The Bertz CT molecular complexity index is 917. The van der Waals surface area contributed by atoms with E-state index in [9.17, 15) is 9.59 Å². The summed E-state index contributed by atoms with van der Waals surface area (Å²) in [5.74, 6) is 0. The molecule has 6 nitrogen and oxygen atoms in total. The maximum atomic E-state index is 12.8. The SMILES string of the molecule is CCOC(=O)N1[C@@H]2c3ccccc3[C@H](c3cc(Cl)ccc32)N1C(=O)OCC. The monoisotopic (exact) mass is 386 g/mol. The zero-order valence-electron chi connectivity index (χ0n) is 15.0. The van der Waals surface area contributed by atoms with Crippen LogP contribution in [-0.4, -0.2) is 35.4 Å². The molecule has 2 aromatic carbocycles. The predicted octanol–water partition coefficient (Wildman–Crippen LogP) is 4.68. The highest BCUT2D eigenvalue weighted by molar-refractivity contribution is 6.30. The Morgan fingerprint density at radius 3 is 1.85 bits per heavy atom. The standard InChI is InChI=1S/C20H19ClN2O4/c1-3-26-19(24)22-17-13-7-5-6-8-14(13)18(23(22)20(25)27-4-2)16-11-12(21)9-10-15(16)17/h5-11,17-18H,3-4H2,1-2H3/t17-,18-/m1/s1. The van der Waals surface area contributed by atoms with Crippen LogP contribution in [0, 0.1) is 0 Å². The zero-order valence-corrected chi connectivity index (χ0v) is 15.8. The first-order valence-electron chi connectivity index (χ1n) is 8.88. The van der Waals surface area contributed by atoms with E-state index >= 15 is 0 Å². The predicted molar refractivity (Wildman–Crippen MR) is 99.3 cm³/mol. The summed E-state index contributed by atoms with van der Waals surface area (Å²) in [6.07, 6.45) is -1.18. The first kappa shape index (κ1) is 17.7. The van der Waals surface area contributed by atoms with Gasteiger partial charge < -0.3 is 9.47 Å². The molecule has 0 unspecified atom stereocenters. The maximum Gasteiger partial charge on any atom is 0.429 e. The normalized spacial score (nSPS) is 19.4. The lowest BCUT2D eigenvalue weighted by Crippen LogP contribution is -2.59. The van der Waals surface area contributed by atoms with Crippen molar-refractivity contribution in [1.29, 1.82) is 0 Å². The highest BCUT2D eigenvalue weighted by Gasteiger charge is 2.52. The molecule has 2 amide bonds. The summed E-state index contributed by atoms with van der Waals surface area (Å²) in [5, 5.41) is 3.29. The lowest BCUT2D eigenvalue weighted by atomic mass is 9.76. The molecule has 1 aliphatic carbocycles. The first-order chi connectivity index (χ1) is 13.1. The van der Waals surface area contributed by atoms with E-state index in [2.05, 4.69) is 0 Å². The van der Waals surface area contributed by atoms with Crippen LogP contribution in [0.3, 0.4) is 0 Å². The number of hydrazine groups is 1. The van der Waals surface area contributed by atoms with Crippen LogP contribution in [0.25, 0.3) is 0 Å². The van der Waals surface area contributed by atoms with Crippen LogP contribution in [0.5, 0.6) is 0 Å². The van der Waals surface area contributed by atoms with Crippen LogP contribution in [-0.2, 0) is 9.47 Å². The number of benzene rings is 2. The third kappa shape index (κ3) is 2.63. The molecular weight excluding hydrogens is 368 g/mol. The molecule has 27 heavy (non-hydrogen) atoms. The molecule has 0 saturated heterocycles. The number of hydrogen-bond acceptors (Lipinski definition) is 4. The van der Waals surface area contributed by atoms with E-state index in [1.54, 1.807) is 19.9 Å². The van der Waals surface area contributed by atoms with E-state index < -0.39 is 24.3 Å². The van der Waals surface area contributed by atoms with Crippen molar-refractivity contribution in [3.8, 4) is 0 Å².